The van der Waals surface area contributed by atoms with E-state index in [4.69, 9.17) is 34.8 Å². The monoisotopic (exact) mass is 316 g/mol. The minimum atomic E-state index is -1.19. The van der Waals surface area contributed by atoms with Crippen molar-refractivity contribution >= 4 is 11.6 Å². The molecule has 0 saturated carbocycles. The van der Waals surface area contributed by atoms with E-state index in [0.29, 0.717) is 0 Å². The summed E-state index contributed by atoms with van der Waals surface area (Å²) in [6.45, 7) is 0. The lowest BCUT2D eigenvalue weighted by molar-refractivity contribution is 0.410. The number of rotatable bonds is 0. The van der Waals surface area contributed by atoms with Gasteiger partial charge >= 0.3 is 0 Å². The third-order valence-electron chi connectivity index (χ3n) is 3.57. The summed E-state index contributed by atoms with van der Waals surface area (Å²) < 4.78 is 93.8. The lowest BCUT2D eigenvalue weighted by atomic mass is 9.80. The maximum atomic E-state index is 8.47. The van der Waals surface area contributed by atoms with Crippen molar-refractivity contribution in [2.45, 2.75) is 5.92 Å². The predicted octanol–water partition coefficient (Wildman–Crippen LogP) is 5.73. The third kappa shape index (κ3) is 1.56. The van der Waals surface area contributed by atoms with Crippen molar-refractivity contribution in [3.05, 3.63) is 82.1 Å². The zero-order valence-corrected chi connectivity index (χ0v) is 11.5. The van der Waals surface area contributed by atoms with Gasteiger partial charge in [-0.05, 0) is 24.2 Å². The van der Waals surface area contributed by atoms with E-state index in [1.165, 1.54) is 0 Å². The van der Waals surface area contributed by atoms with Crippen LogP contribution in [0.15, 0.2) is 60.4 Å². The fourth-order valence-corrected chi connectivity index (χ4v) is 2.89. The Balaban J connectivity index is 2.03. The molecule has 0 radical (unpaired) electrons. The molecular formula is C19H11ClO2. The second kappa shape index (κ2) is 4.28. The summed E-state index contributed by atoms with van der Waals surface area (Å²) in [5.74, 6) is -2.13. The zero-order valence-electron chi connectivity index (χ0n) is 20.8. The van der Waals surface area contributed by atoms with E-state index in [2.05, 4.69) is 0 Å². The molecule has 0 unspecified atom stereocenters. The third-order valence-corrected chi connectivity index (χ3v) is 3.76. The highest BCUT2D eigenvalue weighted by molar-refractivity contribution is 6.31. The van der Waals surface area contributed by atoms with E-state index >= 15 is 0 Å². The van der Waals surface area contributed by atoms with Crippen molar-refractivity contribution in [3.63, 3.8) is 0 Å². The second-order valence-electron chi connectivity index (χ2n) is 4.76. The lowest BCUT2D eigenvalue weighted by Gasteiger charge is -2.34. The van der Waals surface area contributed by atoms with Gasteiger partial charge in [-0.3, -0.25) is 0 Å². The fraction of sp³-hybridized carbons (Fsp3) is 0.0526. The Morgan fingerprint density at radius 3 is 1.82 bits per heavy atom. The number of hydrogen-bond acceptors (Lipinski definition) is 2. The molecule has 0 aliphatic carbocycles. The SMILES string of the molecule is [2H]c1c([2H])c([2H])c2c(c1[2H])Oc1c([2H])c(Cl)c([2H])c3c1C2c1c([2H])c([2H])c([2H])c([2H])c1O3. The van der Waals surface area contributed by atoms with E-state index in [0.717, 1.165) is 0 Å². The molecule has 5 rings (SSSR count). The highest BCUT2D eigenvalue weighted by Crippen LogP contribution is 2.56. The van der Waals surface area contributed by atoms with Gasteiger partial charge in [0.2, 0.25) is 0 Å². The number of hydrogen-bond donors (Lipinski definition) is 0. The van der Waals surface area contributed by atoms with E-state index in [-0.39, 0.29) is 44.7 Å². The van der Waals surface area contributed by atoms with Gasteiger partial charge in [-0.15, -0.1) is 0 Å². The summed E-state index contributed by atoms with van der Waals surface area (Å²) in [5, 5.41) is -0.328. The van der Waals surface area contributed by atoms with Gasteiger partial charge in [-0.1, -0.05) is 47.9 Å². The molecule has 3 aromatic rings. The van der Waals surface area contributed by atoms with Crippen LogP contribution < -0.4 is 9.47 Å². The van der Waals surface area contributed by atoms with Gasteiger partial charge in [-0.2, -0.15) is 0 Å². The standard InChI is InChI=1S/C19H11ClO2/c20-11-9-16-19-17(10-11)22-15-8-4-2-6-13(15)18(19)12-5-1-3-7-14(12)21-16/h1-10,18H/i1D,2D,3D,4D,5D,6D,7D,8D,9D,10D. The van der Waals surface area contributed by atoms with Gasteiger partial charge in [0, 0.05) is 27.6 Å². The summed E-state index contributed by atoms with van der Waals surface area (Å²) in [6.07, 6.45) is 0. The van der Waals surface area contributed by atoms with Gasteiger partial charge in [0.15, 0.2) is 0 Å². The molecule has 2 aliphatic rings. The fourth-order valence-electron chi connectivity index (χ4n) is 2.72. The minimum absolute atomic E-state index is 0.0551. The largest absolute Gasteiger partial charge is 0.457 e. The topological polar surface area (TPSA) is 18.5 Å². The normalized spacial score (nSPS) is 20.6. The zero-order chi connectivity index (χ0) is 23.4. The molecule has 2 nitrogen and oxygen atoms in total. The molecule has 0 bridgehead atoms. The summed E-state index contributed by atoms with van der Waals surface area (Å²) in [6, 6.07) is -4.96. The van der Waals surface area contributed by atoms with E-state index < -0.39 is 66.3 Å². The molecule has 0 saturated heterocycles. The lowest BCUT2D eigenvalue weighted by Crippen LogP contribution is -2.16. The van der Waals surface area contributed by atoms with Crippen molar-refractivity contribution < 1.29 is 23.2 Å². The Morgan fingerprint density at radius 1 is 0.773 bits per heavy atom. The molecule has 3 heteroatoms. The number of ether oxygens (including phenoxy) is 2. The van der Waals surface area contributed by atoms with Crippen LogP contribution in [0.3, 0.4) is 0 Å². The molecule has 22 heavy (non-hydrogen) atoms. The number of para-hydroxylation sites is 2. The van der Waals surface area contributed by atoms with Gasteiger partial charge < -0.3 is 9.47 Å². The molecule has 106 valence electrons. The van der Waals surface area contributed by atoms with Crippen LogP contribution in [-0.2, 0) is 0 Å². The first-order chi connectivity index (χ1) is 15.0. The van der Waals surface area contributed by atoms with Crippen molar-refractivity contribution in [2.75, 3.05) is 0 Å². The maximum Gasteiger partial charge on any atom is 0.136 e. The van der Waals surface area contributed by atoms with E-state index in [1.54, 1.807) is 0 Å². The average Bonchev–Trinajstić information content (AvgIpc) is 2.79. The Labute approximate surface area is 146 Å². The highest BCUT2D eigenvalue weighted by Gasteiger charge is 2.36. The minimum Gasteiger partial charge on any atom is -0.457 e. The van der Waals surface area contributed by atoms with Crippen molar-refractivity contribution in [1.29, 1.82) is 0 Å². The van der Waals surface area contributed by atoms with Crippen molar-refractivity contribution in [3.8, 4) is 23.0 Å². The van der Waals surface area contributed by atoms with Gasteiger partial charge in [0.25, 0.3) is 0 Å². The predicted molar refractivity (Wildman–Crippen MR) is 85.4 cm³/mol. The van der Waals surface area contributed by atoms with Crippen LogP contribution in [0.1, 0.15) is 36.3 Å². The van der Waals surface area contributed by atoms with Crippen LogP contribution in [0.4, 0.5) is 0 Å². The Morgan fingerprint density at radius 2 is 1.27 bits per heavy atom. The molecule has 3 aromatic carbocycles. The maximum absolute atomic E-state index is 8.47. The molecular weight excluding hydrogens is 296 g/mol. The molecule has 0 N–H and O–H groups in total. The quantitative estimate of drug-likeness (QED) is 0.363. The smallest absolute Gasteiger partial charge is 0.136 e. The average molecular weight is 317 g/mol. The van der Waals surface area contributed by atoms with E-state index in [1.807, 2.05) is 0 Å². The van der Waals surface area contributed by atoms with Crippen molar-refractivity contribution in [2.24, 2.45) is 0 Å². The number of halogens is 1. The van der Waals surface area contributed by atoms with Crippen LogP contribution in [0.2, 0.25) is 5.02 Å². The Hall–Kier alpha value is -2.45. The first-order valence-corrected chi connectivity index (χ1v) is 6.75. The second-order valence-corrected chi connectivity index (χ2v) is 5.14. The molecule has 0 aromatic heterocycles. The van der Waals surface area contributed by atoms with Gasteiger partial charge in [0.1, 0.15) is 23.0 Å². The van der Waals surface area contributed by atoms with E-state index in [9.17, 15) is 0 Å². The summed E-state index contributed by atoms with van der Waals surface area (Å²) in [5.41, 5.74) is -0.0830. The molecule has 2 heterocycles. The Bertz CT molecular complexity index is 1270. The molecule has 0 fully saturated rings. The molecule has 2 aliphatic heterocycles. The summed E-state index contributed by atoms with van der Waals surface area (Å²) >= 11 is 6.14. The molecule has 0 spiro atoms. The highest BCUT2D eigenvalue weighted by atomic mass is 35.5. The van der Waals surface area contributed by atoms with Crippen LogP contribution in [0.5, 0.6) is 23.0 Å². The van der Waals surface area contributed by atoms with Crippen molar-refractivity contribution in [1.82, 2.24) is 0 Å². The van der Waals surface area contributed by atoms with Gasteiger partial charge in [-0.25, -0.2) is 0 Å². The number of benzene rings is 3. The first-order valence-electron chi connectivity index (χ1n) is 11.4. The van der Waals surface area contributed by atoms with Crippen LogP contribution in [-0.4, -0.2) is 0 Å². The van der Waals surface area contributed by atoms with Gasteiger partial charge in [0.05, 0.1) is 13.7 Å². The first kappa shape index (κ1) is 5.98. The summed E-state index contributed by atoms with van der Waals surface area (Å²) in [4.78, 5) is 0. The van der Waals surface area contributed by atoms with Crippen LogP contribution in [0.25, 0.3) is 0 Å². The molecule has 0 atom stereocenters. The molecule has 0 amide bonds. The van der Waals surface area contributed by atoms with Crippen LogP contribution in [0, 0.1) is 0 Å². The number of fused-ring (bicyclic) bond motifs is 4. The Kier molecular flexibility index (Phi) is 1.16. The van der Waals surface area contributed by atoms with Crippen LogP contribution >= 0.6 is 11.6 Å². The summed E-state index contributed by atoms with van der Waals surface area (Å²) in [7, 11) is 0.